The standard InChI is InChI=1S/C7H15FN2/c1-9-7-3-4-10(2)5-6(7)8/h6-7,9H,3-5H2,1-2H3/t6-,7+/m1/s1. The SMILES string of the molecule is CN[C@H]1CCN(C)C[C@H]1F. The number of piperidine rings is 1. The van der Waals surface area contributed by atoms with Crippen LogP contribution in [0.15, 0.2) is 0 Å². The van der Waals surface area contributed by atoms with E-state index in [1.807, 2.05) is 19.0 Å². The summed E-state index contributed by atoms with van der Waals surface area (Å²) in [5.74, 6) is 0. The van der Waals surface area contributed by atoms with E-state index in [4.69, 9.17) is 0 Å². The van der Waals surface area contributed by atoms with Gasteiger partial charge in [0.05, 0.1) is 0 Å². The molecule has 0 aromatic carbocycles. The summed E-state index contributed by atoms with van der Waals surface area (Å²) in [5.41, 5.74) is 0. The van der Waals surface area contributed by atoms with Crippen LogP contribution in [0.1, 0.15) is 6.42 Å². The van der Waals surface area contributed by atoms with Gasteiger partial charge in [-0.05, 0) is 27.1 Å². The molecular weight excluding hydrogens is 131 g/mol. The minimum atomic E-state index is -0.691. The Bertz CT molecular complexity index is 108. The van der Waals surface area contributed by atoms with Gasteiger partial charge in [0.2, 0.25) is 0 Å². The maximum Gasteiger partial charge on any atom is 0.128 e. The molecule has 2 nitrogen and oxygen atoms in total. The molecule has 0 unspecified atom stereocenters. The largest absolute Gasteiger partial charge is 0.314 e. The molecule has 1 aliphatic rings. The summed E-state index contributed by atoms with van der Waals surface area (Å²) in [5, 5.41) is 2.97. The van der Waals surface area contributed by atoms with Crippen LogP contribution < -0.4 is 5.32 Å². The molecule has 1 saturated heterocycles. The molecule has 1 fully saturated rings. The summed E-state index contributed by atoms with van der Waals surface area (Å²) in [6.07, 6.45) is 0.234. The van der Waals surface area contributed by atoms with Crippen molar-refractivity contribution in [3.63, 3.8) is 0 Å². The van der Waals surface area contributed by atoms with E-state index >= 15 is 0 Å². The number of alkyl halides is 1. The highest BCUT2D eigenvalue weighted by Crippen LogP contribution is 2.11. The fourth-order valence-corrected chi connectivity index (χ4v) is 1.38. The molecule has 60 valence electrons. The number of hydrogen-bond acceptors (Lipinski definition) is 2. The van der Waals surface area contributed by atoms with Crippen molar-refractivity contribution in [2.24, 2.45) is 0 Å². The minimum absolute atomic E-state index is 0.0798. The van der Waals surface area contributed by atoms with Crippen LogP contribution in [-0.2, 0) is 0 Å². The third kappa shape index (κ3) is 1.67. The van der Waals surface area contributed by atoms with E-state index < -0.39 is 6.17 Å². The zero-order valence-electron chi connectivity index (χ0n) is 6.60. The minimum Gasteiger partial charge on any atom is -0.314 e. The molecule has 1 N–H and O–H groups in total. The van der Waals surface area contributed by atoms with Gasteiger partial charge in [0.1, 0.15) is 6.17 Å². The first kappa shape index (κ1) is 7.95. The third-order valence-corrected chi connectivity index (χ3v) is 2.12. The van der Waals surface area contributed by atoms with E-state index in [-0.39, 0.29) is 6.04 Å². The van der Waals surface area contributed by atoms with Gasteiger partial charge < -0.3 is 10.2 Å². The zero-order valence-corrected chi connectivity index (χ0v) is 6.60. The predicted octanol–water partition coefficient (Wildman–Crippen LogP) is 0.248. The number of nitrogens with zero attached hydrogens (tertiary/aromatic N) is 1. The second-order valence-corrected chi connectivity index (χ2v) is 2.96. The smallest absolute Gasteiger partial charge is 0.128 e. The van der Waals surface area contributed by atoms with Gasteiger partial charge in [-0.2, -0.15) is 0 Å². The molecule has 2 atom stereocenters. The third-order valence-electron chi connectivity index (χ3n) is 2.12. The lowest BCUT2D eigenvalue weighted by atomic mass is 10.0. The fourth-order valence-electron chi connectivity index (χ4n) is 1.38. The van der Waals surface area contributed by atoms with Crippen LogP contribution in [0.25, 0.3) is 0 Å². The summed E-state index contributed by atoms with van der Waals surface area (Å²) in [4.78, 5) is 2.03. The second kappa shape index (κ2) is 3.30. The van der Waals surface area contributed by atoms with E-state index in [1.54, 1.807) is 0 Å². The van der Waals surface area contributed by atoms with Crippen molar-refractivity contribution in [2.45, 2.75) is 18.6 Å². The quantitative estimate of drug-likeness (QED) is 0.570. The Labute approximate surface area is 61.4 Å². The summed E-state index contributed by atoms with van der Waals surface area (Å²) >= 11 is 0. The van der Waals surface area contributed by atoms with Crippen molar-refractivity contribution in [3.8, 4) is 0 Å². The number of halogens is 1. The second-order valence-electron chi connectivity index (χ2n) is 2.96. The van der Waals surface area contributed by atoms with Crippen molar-refractivity contribution in [1.29, 1.82) is 0 Å². The van der Waals surface area contributed by atoms with Gasteiger partial charge in [-0.3, -0.25) is 0 Å². The first-order chi connectivity index (χ1) is 4.74. The van der Waals surface area contributed by atoms with Crippen LogP contribution in [0.4, 0.5) is 4.39 Å². The lowest BCUT2D eigenvalue weighted by molar-refractivity contribution is 0.127. The lowest BCUT2D eigenvalue weighted by Gasteiger charge is -2.31. The summed E-state index contributed by atoms with van der Waals surface area (Å²) in [6.45, 7) is 1.58. The Hall–Kier alpha value is -0.150. The molecule has 0 aromatic heterocycles. The van der Waals surface area contributed by atoms with E-state index in [2.05, 4.69) is 5.32 Å². The van der Waals surface area contributed by atoms with Gasteiger partial charge in [-0.25, -0.2) is 4.39 Å². The highest BCUT2D eigenvalue weighted by molar-refractivity contribution is 4.82. The van der Waals surface area contributed by atoms with Crippen molar-refractivity contribution >= 4 is 0 Å². The lowest BCUT2D eigenvalue weighted by Crippen LogP contribution is -2.48. The highest BCUT2D eigenvalue weighted by atomic mass is 19.1. The van der Waals surface area contributed by atoms with E-state index in [9.17, 15) is 4.39 Å². The first-order valence-electron chi connectivity index (χ1n) is 3.74. The summed E-state index contributed by atoms with van der Waals surface area (Å²) in [6, 6.07) is 0.0798. The van der Waals surface area contributed by atoms with Gasteiger partial charge in [-0.1, -0.05) is 0 Å². The van der Waals surface area contributed by atoms with Crippen LogP contribution in [0.2, 0.25) is 0 Å². The number of rotatable bonds is 1. The molecule has 0 aliphatic carbocycles. The summed E-state index contributed by atoms with van der Waals surface area (Å²) in [7, 11) is 3.78. The van der Waals surface area contributed by atoms with Crippen LogP contribution >= 0.6 is 0 Å². The molecule has 1 heterocycles. The Morgan fingerprint density at radius 3 is 2.80 bits per heavy atom. The maximum atomic E-state index is 13.0. The fraction of sp³-hybridized carbons (Fsp3) is 1.00. The molecule has 0 saturated carbocycles. The molecule has 0 amide bonds. The molecule has 0 spiro atoms. The number of likely N-dealkylation sites (tertiary alicyclic amines) is 1. The van der Waals surface area contributed by atoms with Gasteiger partial charge in [-0.15, -0.1) is 0 Å². The highest BCUT2D eigenvalue weighted by Gasteiger charge is 2.25. The van der Waals surface area contributed by atoms with Crippen molar-refractivity contribution in [1.82, 2.24) is 10.2 Å². The van der Waals surface area contributed by atoms with Gasteiger partial charge in [0.15, 0.2) is 0 Å². The molecular formula is C7H15FN2. The van der Waals surface area contributed by atoms with Crippen molar-refractivity contribution < 1.29 is 4.39 Å². The van der Waals surface area contributed by atoms with Crippen molar-refractivity contribution in [3.05, 3.63) is 0 Å². The Kier molecular flexibility index (Phi) is 2.63. The van der Waals surface area contributed by atoms with Crippen LogP contribution in [-0.4, -0.2) is 44.3 Å². The van der Waals surface area contributed by atoms with Crippen molar-refractivity contribution in [2.75, 3.05) is 27.2 Å². The maximum absolute atomic E-state index is 13.0. The first-order valence-corrected chi connectivity index (χ1v) is 3.74. The number of nitrogens with one attached hydrogen (secondary N) is 1. The Balaban J connectivity index is 2.36. The molecule has 3 heteroatoms. The average Bonchev–Trinajstić information content (AvgIpc) is 1.88. The molecule has 10 heavy (non-hydrogen) atoms. The van der Waals surface area contributed by atoms with E-state index in [1.165, 1.54) is 0 Å². The molecule has 0 radical (unpaired) electrons. The normalized spacial score (nSPS) is 36.3. The predicted molar refractivity (Wildman–Crippen MR) is 39.9 cm³/mol. The molecule has 0 aromatic rings. The monoisotopic (exact) mass is 146 g/mol. The average molecular weight is 146 g/mol. The van der Waals surface area contributed by atoms with Crippen LogP contribution in [0, 0.1) is 0 Å². The molecule has 1 aliphatic heterocycles. The molecule has 0 bridgehead atoms. The van der Waals surface area contributed by atoms with Crippen LogP contribution in [0.5, 0.6) is 0 Å². The topological polar surface area (TPSA) is 15.3 Å². The Morgan fingerprint density at radius 1 is 1.60 bits per heavy atom. The van der Waals surface area contributed by atoms with E-state index in [0.29, 0.717) is 6.54 Å². The summed E-state index contributed by atoms with van der Waals surface area (Å²) < 4.78 is 13.0. The zero-order chi connectivity index (χ0) is 7.56. The van der Waals surface area contributed by atoms with E-state index in [0.717, 1.165) is 13.0 Å². The Morgan fingerprint density at radius 2 is 2.30 bits per heavy atom. The van der Waals surface area contributed by atoms with Gasteiger partial charge in [0.25, 0.3) is 0 Å². The van der Waals surface area contributed by atoms with Gasteiger partial charge >= 0.3 is 0 Å². The number of hydrogen-bond donors (Lipinski definition) is 1. The van der Waals surface area contributed by atoms with Crippen LogP contribution in [0.3, 0.4) is 0 Å². The molecule has 1 rings (SSSR count). The van der Waals surface area contributed by atoms with Gasteiger partial charge in [0, 0.05) is 12.6 Å².